The van der Waals surface area contributed by atoms with Gasteiger partial charge in [-0.2, -0.15) is 0 Å². The van der Waals surface area contributed by atoms with Crippen molar-refractivity contribution in [1.29, 1.82) is 0 Å². The zero-order valence-electron chi connectivity index (χ0n) is 38.5. The van der Waals surface area contributed by atoms with Gasteiger partial charge in [0.25, 0.3) is 16.6 Å². The van der Waals surface area contributed by atoms with E-state index in [1.165, 1.54) is 52.9 Å². The summed E-state index contributed by atoms with van der Waals surface area (Å²) in [6.45, 7) is 18.1. The number of aliphatic hydroxyl groups excluding tert-OH is 1. The lowest BCUT2D eigenvalue weighted by Crippen LogP contribution is -2.66. The molecule has 4 aromatic carbocycles. The van der Waals surface area contributed by atoms with Gasteiger partial charge in [0, 0.05) is 45.5 Å². The predicted molar refractivity (Wildman–Crippen MR) is 265 cm³/mol. The molecule has 0 amide bonds. The van der Waals surface area contributed by atoms with Gasteiger partial charge in [0.2, 0.25) is 0 Å². The van der Waals surface area contributed by atoms with Gasteiger partial charge in [-0.25, -0.2) is 0 Å². The zero-order chi connectivity index (χ0) is 43.4. The highest BCUT2D eigenvalue weighted by molar-refractivity contribution is 7.00. The largest absolute Gasteiger partial charge is 0.407 e. The van der Waals surface area contributed by atoms with Crippen LogP contribution in [0, 0.1) is 23.7 Å². The second-order valence-electron chi connectivity index (χ2n) is 18.0. The number of unbranched alkanes of at least 4 members (excludes halogenated alkanes) is 11. The highest BCUT2D eigenvalue weighted by Crippen LogP contribution is 2.38. The zero-order valence-corrected chi connectivity index (χ0v) is 40.5. The molecular formula is C55H78O3Si2. The van der Waals surface area contributed by atoms with E-state index in [0.29, 0.717) is 0 Å². The first-order valence-electron chi connectivity index (χ1n) is 23.1. The molecule has 0 heterocycles. The molecule has 3 nitrogen and oxygen atoms in total. The topological polar surface area (TPSA) is 38.7 Å². The molecule has 0 aromatic heterocycles. The molecule has 0 aliphatic rings. The van der Waals surface area contributed by atoms with E-state index in [1.807, 2.05) is 0 Å². The third kappa shape index (κ3) is 16.0. The highest BCUT2D eigenvalue weighted by atomic mass is 28.4. The summed E-state index contributed by atoms with van der Waals surface area (Å²) in [4.78, 5) is 0. The molecule has 60 heavy (non-hydrogen) atoms. The van der Waals surface area contributed by atoms with Crippen LogP contribution in [0.25, 0.3) is 0 Å². The van der Waals surface area contributed by atoms with E-state index in [1.54, 1.807) is 0 Å². The van der Waals surface area contributed by atoms with Crippen molar-refractivity contribution in [3.63, 3.8) is 0 Å². The Morgan fingerprint density at radius 2 is 0.683 bits per heavy atom. The molecule has 0 bridgehead atoms. The summed E-state index contributed by atoms with van der Waals surface area (Å²) >= 11 is 0. The van der Waals surface area contributed by atoms with E-state index in [2.05, 4.69) is 193 Å². The molecule has 0 unspecified atom stereocenters. The second kappa shape index (κ2) is 28.0. The maximum Gasteiger partial charge on any atom is 0.261 e. The van der Waals surface area contributed by atoms with Crippen molar-refractivity contribution in [3.8, 4) is 23.7 Å². The molecular weight excluding hydrogens is 765 g/mol. The number of rotatable bonds is 22. The van der Waals surface area contributed by atoms with Gasteiger partial charge in [-0.15, -0.1) is 23.7 Å². The number of hydrogen-bond donors (Lipinski definition) is 1. The Morgan fingerprint density at radius 3 is 0.950 bits per heavy atom. The minimum atomic E-state index is -2.39. The van der Waals surface area contributed by atoms with Crippen LogP contribution in [-0.2, 0) is 8.85 Å². The lowest BCUT2D eigenvalue weighted by molar-refractivity contribution is 0.285. The van der Waals surface area contributed by atoms with Crippen LogP contribution in [0.1, 0.15) is 145 Å². The van der Waals surface area contributed by atoms with E-state index in [4.69, 9.17) is 14.0 Å². The molecule has 0 fully saturated rings. The highest BCUT2D eigenvalue weighted by Gasteiger charge is 2.51. The molecule has 0 saturated carbocycles. The number of benzene rings is 4. The molecule has 324 valence electrons. The van der Waals surface area contributed by atoms with Crippen LogP contribution in [0.15, 0.2) is 121 Å². The van der Waals surface area contributed by atoms with Gasteiger partial charge >= 0.3 is 0 Å². The summed E-state index contributed by atoms with van der Waals surface area (Å²) in [6.07, 6.45) is 16.4. The summed E-state index contributed by atoms with van der Waals surface area (Å²) < 4.78 is 13.9. The quantitative estimate of drug-likeness (QED) is 0.0487. The van der Waals surface area contributed by atoms with Gasteiger partial charge in [0.1, 0.15) is 0 Å². The summed E-state index contributed by atoms with van der Waals surface area (Å²) in [5.74, 6) is 13.1. The van der Waals surface area contributed by atoms with Crippen molar-refractivity contribution in [1.82, 2.24) is 0 Å². The fourth-order valence-corrected chi connectivity index (χ4v) is 17.3. The summed E-state index contributed by atoms with van der Waals surface area (Å²) in [5, 5.41) is 14.3. The van der Waals surface area contributed by atoms with Gasteiger partial charge < -0.3 is 14.0 Å². The Kier molecular flexibility index (Phi) is 23.7. The van der Waals surface area contributed by atoms with Crippen molar-refractivity contribution < 1.29 is 14.0 Å². The standard InChI is InChI=1S/C28H40OSi.C27H38O2Si/c1-5-6-7-8-9-10-11-12-13-20-25-29-30(28(2,3)4,26-21-16-14-17-22-26)27-23-18-15-19-24-27;1-27(2,3)30(25-19-13-11-14-20-25,26-21-15-12-16-22-26)29-24-18-10-8-6-4-5-7-9-17-23-28/h14-19,21-24H,5-8,11-13,20,25H2,1-4H3;11-16,19-22,28H,6-10,17-18,23-24H2,1-3H3. The van der Waals surface area contributed by atoms with Crippen molar-refractivity contribution in [2.75, 3.05) is 19.8 Å². The molecule has 1 N–H and O–H groups in total. The third-order valence-electron chi connectivity index (χ3n) is 11.2. The minimum absolute atomic E-state index is 0.0375. The van der Waals surface area contributed by atoms with E-state index in [0.717, 1.165) is 77.4 Å². The van der Waals surface area contributed by atoms with Crippen LogP contribution < -0.4 is 20.7 Å². The van der Waals surface area contributed by atoms with E-state index >= 15 is 0 Å². The first-order chi connectivity index (χ1) is 29.0. The lowest BCUT2D eigenvalue weighted by Gasteiger charge is -2.43. The van der Waals surface area contributed by atoms with E-state index in [-0.39, 0.29) is 16.7 Å². The van der Waals surface area contributed by atoms with Crippen LogP contribution in [0.2, 0.25) is 10.1 Å². The molecule has 4 aromatic rings. The van der Waals surface area contributed by atoms with Crippen LogP contribution >= 0.6 is 0 Å². The Balaban J connectivity index is 0.000000320. The van der Waals surface area contributed by atoms with Gasteiger partial charge in [-0.05, 0) is 75.8 Å². The van der Waals surface area contributed by atoms with Crippen LogP contribution in [-0.4, -0.2) is 41.6 Å². The fourth-order valence-electron chi connectivity index (χ4n) is 8.10. The van der Waals surface area contributed by atoms with Gasteiger partial charge in [0.15, 0.2) is 0 Å². The number of hydrogen-bond acceptors (Lipinski definition) is 3. The molecule has 4 rings (SSSR count). The summed E-state index contributed by atoms with van der Waals surface area (Å²) in [5.41, 5.74) is 0. The molecule has 5 heteroatoms. The van der Waals surface area contributed by atoms with Crippen molar-refractivity contribution in [2.45, 2.75) is 155 Å². The fraction of sp³-hybridized carbons (Fsp3) is 0.491. The summed E-state index contributed by atoms with van der Waals surface area (Å²) in [6, 6.07) is 43.5. The molecule has 0 saturated heterocycles. The van der Waals surface area contributed by atoms with Crippen LogP contribution in [0.3, 0.4) is 0 Å². The Hall–Kier alpha value is -3.69. The Labute approximate surface area is 369 Å². The predicted octanol–water partition coefficient (Wildman–Crippen LogP) is 12.0. The average molecular weight is 843 g/mol. The monoisotopic (exact) mass is 843 g/mol. The SMILES string of the molecule is CC(C)(C)[Si](OCCCCCC#CCCCCO)(c1ccccc1)c1ccccc1.CCCCCC#CCCCCCO[Si](c1ccccc1)(c1ccccc1)C(C)(C)C. The summed E-state index contributed by atoms with van der Waals surface area (Å²) in [7, 11) is -4.76. The smallest absolute Gasteiger partial charge is 0.261 e. The normalized spacial score (nSPS) is 11.7. The third-order valence-corrected chi connectivity index (χ3v) is 21.3. The van der Waals surface area contributed by atoms with Crippen LogP contribution in [0.5, 0.6) is 0 Å². The lowest BCUT2D eigenvalue weighted by atomic mass is 10.2. The van der Waals surface area contributed by atoms with Gasteiger partial charge in [-0.3, -0.25) is 0 Å². The maximum atomic E-state index is 8.79. The van der Waals surface area contributed by atoms with Gasteiger partial charge in [-0.1, -0.05) is 195 Å². The van der Waals surface area contributed by atoms with Crippen LogP contribution in [0.4, 0.5) is 0 Å². The van der Waals surface area contributed by atoms with Crippen molar-refractivity contribution >= 4 is 37.4 Å². The van der Waals surface area contributed by atoms with Crippen molar-refractivity contribution in [3.05, 3.63) is 121 Å². The number of aliphatic hydroxyl groups is 1. The van der Waals surface area contributed by atoms with Gasteiger partial charge in [0.05, 0.1) is 0 Å². The molecule has 0 spiro atoms. The van der Waals surface area contributed by atoms with E-state index < -0.39 is 16.6 Å². The molecule has 0 radical (unpaired) electrons. The average Bonchev–Trinajstić information content (AvgIpc) is 3.25. The second-order valence-corrected chi connectivity index (χ2v) is 26.6. The molecule has 0 aliphatic heterocycles. The minimum Gasteiger partial charge on any atom is -0.407 e. The molecule has 0 atom stereocenters. The Bertz CT molecular complexity index is 1590. The first kappa shape index (κ1) is 50.7. The van der Waals surface area contributed by atoms with Crippen molar-refractivity contribution in [2.24, 2.45) is 0 Å². The van der Waals surface area contributed by atoms with E-state index in [9.17, 15) is 0 Å². The first-order valence-corrected chi connectivity index (χ1v) is 26.9. The molecule has 0 aliphatic carbocycles. The Morgan fingerprint density at radius 1 is 0.400 bits per heavy atom. The maximum absolute atomic E-state index is 8.79.